The summed E-state index contributed by atoms with van der Waals surface area (Å²) in [7, 11) is 1.82. The maximum absolute atomic E-state index is 5.28. The molecule has 1 unspecified atom stereocenters. The topological polar surface area (TPSA) is 48.5 Å². The van der Waals surface area contributed by atoms with Crippen LogP contribution in [0, 0.1) is 5.41 Å². The SMILES string of the molecule is C[NH+]=NC(CC1(C)COC1)c1cccc(Br)n1. The lowest BCUT2D eigenvalue weighted by Crippen LogP contribution is -2.60. The van der Waals surface area contributed by atoms with E-state index in [1.54, 1.807) is 0 Å². The Balaban J connectivity index is 2.16. The number of hydrogen-bond donors (Lipinski definition) is 1. The average molecular weight is 299 g/mol. The molecule has 0 amide bonds. The fraction of sp³-hybridized carbons (Fsp3) is 0.583. The fourth-order valence-corrected chi connectivity index (χ4v) is 2.37. The van der Waals surface area contributed by atoms with Gasteiger partial charge in [0.2, 0.25) is 0 Å². The van der Waals surface area contributed by atoms with Crippen molar-refractivity contribution in [2.45, 2.75) is 19.4 Å². The van der Waals surface area contributed by atoms with E-state index in [2.05, 4.69) is 38.1 Å². The van der Waals surface area contributed by atoms with Gasteiger partial charge in [-0.2, -0.15) is 0 Å². The van der Waals surface area contributed by atoms with E-state index in [0.29, 0.717) is 0 Å². The van der Waals surface area contributed by atoms with Gasteiger partial charge in [-0.25, -0.2) is 4.98 Å². The third kappa shape index (κ3) is 3.10. The Morgan fingerprint density at radius 1 is 1.59 bits per heavy atom. The standard InChI is InChI=1S/C12H16BrN3O/c1-12(7-17-8-12)6-10(16-14-2)9-4-3-5-11(13)15-9/h3-5,10H,6-8H2,1-2H3/p+1. The van der Waals surface area contributed by atoms with Gasteiger partial charge >= 0.3 is 0 Å². The van der Waals surface area contributed by atoms with Crippen LogP contribution in [0.2, 0.25) is 0 Å². The number of ether oxygens (including phenoxy) is 1. The molecule has 0 aromatic carbocycles. The van der Waals surface area contributed by atoms with Crippen LogP contribution in [0.5, 0.6) is 0 Å². The van der Waals surface area contributed by atoms with E-state index >= 15 is 0 Å². The molecule has 1 atom stereocenters. The van der Waals surface area contributed by atoms with Crippen molar-refractivity contribution in [1.29, 1.82) is 0 Å². The Hall–Kier alpha value is -0.810. The highest BCUT2D eigenvalue weighted by molar-refractivity contribution is 9.10. The van der Waals surface area contributed by atoms with E-state index in [4.69, 9.17) is 4.74 Å². The van der Waals surface area contributed by atoms with Crippen LogP contribution in [0.4, 0.5) is 0 Å². The van der Waals surface area contributed by atoms with Gasteiger partial charge in [0.15, 0.2) is 13.1 Å². The largest absolute Gasteiger partial charge is 0.380 e. The molecule has 2 heterocycles. The Kier molecular flexibility index (Phi) is 3.89. The van der Waals surface area contributed by atoms with Crippen molar-refractivity contribution in [3.8, 4) is 0 Å². The van der Waals surface area contributed by atoms with Crippen LogP contribution in [0.3, 0.4) is 0 Å². The first-order valence-electron chi connectivity index (χ1n) is 5.70. The van der Waals surface area contributed by atoms with Crippen LogP contribution < -0.4 is 5.11 Å². The van der Waals surface area contributed by atoms with Crippen molar-refractivity contribution in [2.75, 3.05) is 20.3 Å². The highest BCUT2D eigenvalue weighted by Gasteiger charge is 2.37. The first kappa shape index (κ1) is 12.6. The Bertz CT molecular complexity index is 418. The number of rotatable bonds is 4. The van der Waals surface area contributed by atoms with Gasteiger partial charge in [0, 0.05) is 5.41 Å². The third-order valence-electron chi connectivity index (χ3n) is 2.95. The molecule has 0 aliphatic carbocycles. The summed E-state index contributed by atoms with van der Waals surface area (Å²) in [5, 5.41) is 7.30. The molecule has 1 aromatic heterocycles. The molecule has 1 aromatic rings. The van der Waals surface area contributed by atoms with E-state index in [1.807, 2.05) is 25.2 Å². The molecule has 92 valence electrons. The molecule has 1 fully saturated rings. The molecule has 1 aliphatic rings. The van der Waals surface area contributed by atoms with Crippen molar-refractivity contribution in [3.63, 3.8) is 0 Å². The summed E-state index contributed by atoms with van der Waals surface area (Å²) in [5.41, 5.74) is 1.22. The molecule has 1 N–H and O–H groups in total. The minimum absolute atomic E-state index is 0.0754. The molecule has 0 radical (unpaired) electrons. The molecule has 0 saturated carbocycles. The van der Waals surface area contributed by atoms with Crippen LogP contribution in [0.25, 0.3) is 0 Å². The number of hydrogen-bond acceptors (Lipinski definition) is 3. The Morgan fingerprint density at radius 3 is 2.88 bits per heavy atom. The summed E-state index contributed by atoms with van der Waals surface area (Å²) < 4.78 is 6.13. The quantitative estimate of drug-likeness (QED) is 0.676. The zero-order valence-corrected chi connectivity index (χ0v) is 11.7. The predicted octanol–water partition coefficient (Wildman–Crippen LogP) is 1.47. The monoisotopic (exact) mass is 298 g/mol. The zero-order chi connectivity index (χ0) is 12.3. The summed E-state index contributed by atoms with van der Waals surface area (Å²) >= 11 is 3.39. The van der Waals surface area contributed by atoms with Gasteiger partial charge in [-0.1, -0.05) is 13.0 Å². The Labute approximate surface area is 110 Å². The normalized spacial score (nSPS) is 20.2. The second-order valence-electron chi connectivity index (χ2n) is 4.76. The molecular weight excluding hydrogens is 282 g/mol. The lowest BCUT2D eigenvalue weighted by atomic mass is 9.81. The third-order valence-corrected chi connectivity index (χ3v) is 3.39. The lowest BCUT2D eigenvalue weighted by molar-refractivity contribution is -0.505. The van der Waals surface area contributed by atoms with Gasteiger partial charge < -0.3 is 4.74 Å². The van der Waals surface area contributed by atoms with Crippen molar-refractivity contribution in [1.82, 2.24) is 4.98 Å². The smallest absolute Gasteiger partial charge is 0.155 e. The van der Waals surface area contributed by atoms with E-state index < -0.39 is 0 Å². The van der Waals surface area contributed by atoms with Gasteiger partial charge in [-0.3, -0.25) is 0 Å². The summed E-state index contributed by atoms with van der Waals surface area (Å²) in [6.07, 6.45) is 0.956. The van der Waals surface area contributed by atoms with E-state index in [1.165, 1.54) is 0 Å². The van der Waals surface area contributed by atoms with Crippen LogP contribution in [0.15, 0.2) is 27.9 Å². The van der Waals surface area contributed by atoms with Gasteiger partial charge in [0.1, 0.15) is 4.60 Å². The highest BCUT2D eigenvalue weighted by Crippen LogP contribution is 2.37. The predicted molar refractivity (Wildman–Crippen MR) is 67.5 cm³/mol. The van der Waals surface area contributed by atoms with Crippen molar-refractivity contribution < 1.29 is 9.85 Å². The minimum Gasteiger partial charge on any atom is -0.380 e. The number of nitrogens with zero attached hydrogens (tertiary/aromatic N) is 2. The molecule has 5 heteroatoms. The first-order chi connectivity index (χ1) is 8.13. The van der Waals surface area contributed by atoms with E-state index in [-0.39, 0.29) is 11.5 Å². The van der Waals surface area contributed by atoms with Crippen LogP contribution in [0.1, 0.15) is 25.1 Å². The molecule has 17 heavy (non-hydrogen) atoms. The van der Waals surface area contributed by atoms with Crippen molar-refractivity contribution in [2.24, 2.45) is 10.5 Å². The number of aromatic nitrogens is 1. The van der Waals surface area contributed by atoms with Crippen LogP contribution in [-0.2, 0) is 4.74 Å². The van der Waals surface area contributed by atoms with Gasteiger partial charge in [0.25, 0.3) is 0 Å². The Morgan fingerprint density at radius 2 is 2.35 bits per heavy atom. The molecule has 0 spiro atoms. The zero-order valence-electron chi connectivity index (χ0n) is 10.1. The maximum Gasteiger partial charge on any atom is 0.155 e. The number of pyridine rings is 1. The van der Waals surface area contributed by atoms with Crippen LogP contribution in [-0.4, -0.2) is 25.2 Å². The summed E-state index contributed by atoms with van der Waals surface area (Å²) in [6.45, 7) is 3.86. The van der Waals surface area contributed by atoms with Gasteiger partial charge in [0.05, 0.1) is 18.9 Å². The fourth-order valence-electron chi connectivity index (χ4n) is 2.02. The molecular formula is C12H17BrN3O+. The second kappa shape index (κ2) is 5.23. The number of azo groups is 1. The van der Waals surface area contributed by atoms with E-state index in [0.717, 1.165) is 29.9 Å². The van der Waals surface area contributed by atoms with Gasteiger partial charge in [-0.05, 0) is 39.6 Å². The number of halogens is 1. The molecule has 1 aliphatic heterocycles. The van der Waals surface area contributed by atoms with E-state index in [9.17, 15) is 0 Å². The minimum atomic E-state index is 0.0754. The molecule has 2 rings (SSSR count). The number of nitrogens with one attached hydrogen (secondary N) is 1. The highest BCUT2D eigenvalue weighted by atomic mass is 79.9. The summed E-state index contributed by atoms with van der Waals surface area (Å²) in [5.74, 6) is 0. The lowest BCUT2D eigenvalue weighted by Gasteiger charge is -2.38. The molecule has 0 bridgehead atoms. The van der Waals surface area contributed by atoms with Crippen molar-refractivity contribution >= 4 is 15.9 Å². The summed E-state index contributed by atoms with van der Waals surface area (Å²) in [4.78, 5) is 4.48. The maximum atomic E-state index is 5.28. The molecule has 4 nitrogen and oxygen atoms in total. The first-order valence-corrected chi connectivity index (χ1v) is 6.49. The molecule has 1 saturated heterocycles. The summed E-state index contributed by atoms with van der Waals surface area (Å²) in [6, 6.07) is 6.00. The van der Waals surface area contributed by atoms with Crippen LogP contribution >= 0.6 is 15.9 Å². The second-order valence-corrected chi connectivity index (χ2v) is 5.57. The van der Waals surface area contributed by atoms with Crippen molar-refractivity contribution in [3.05, 3.63) is 28.5 Å². The van der Waals surface area contributed by atoms with Gasteiger partial charge in [-0.15, -0.1) is 5.11 Å². The average Bonchev–Trinajstić information content (AvgIpc) is 2.26.